The summed E-state index contributed by atoms with van der Waals surface area (Å²) in [6.07, 6.45) is 5.40. The van der Waals surface area contributed by atoms with Crippen molar-refractivity contribution in [2.24, 2.45) is 5.92 Å². The molecule has 3 rings (SSSR count). The Morgan fingerprint density at radius 1 is 1.24 bits per heavy atom. The summed E-state index contributed by atoms with van der Waals surface area (Å²) in [5.41, 5.74) is 1.62. The highest BCUT2D eigenvalue weighted by molar-refractivity contribution is 7.89. The van der Waals surface area contributed by atoms with Gasteiger partial charge < -0.3 is 5.11 Å². The van der Waals surface area contributed by atoms with Crippen molar-refractivity contribution in [3.8, 4) is 0 Å². The highest BCUT2D eigenvalue weighted by Gasteiger charge is 2.41. The van der Waals surface area contributed by atoms with Gasteiger partial charge in [0, 0.05) is 12.6 Å². The molecule has 1 aliphatic carbocycles. The average molecular weight is 309 g/mol. The molecular weight excluding hydrogens is 286 g/mol. The van der Waals surface area contributed by atoms with Crippen LogP contribution in [0.5, 0.6) is 0 Å². The topological polar surface area (TPSA) is 57.6 Å². The first-order chi connectivity index (χ1) is 10.0. The van der Waals surface area contributed by atoms with Crippen molar-refractivity contribution >= 4 is 10.0 Å². The van der Waals surface area contributed by atoms with Crippen LogP contribution in [0, 0.1) is 12.8 Å². The lowest BCUT2D eigenvalue weighted by atomic mass is 9.94. The number of hydrogen-bond donors (Lipinski definition) is 1. The molecule has 1 saturated carbocycles. The number of nitrogens with zero attached hydrogens (tertiary/aromatic N) is 1. The number of rotatable bonds is 3. The van der Waals surface area contributed by atoms with E-state index >= 15 is 0 Å². The van der Waals surface area contributed by atoms with E-state index in [0.29, 0.717) is 22.9 Å². The third kappa shape index (κ3) is 2.62. The number of hydrogen-bond acceptors (Lipinski definition) is 3. The number of piperidine rings is 1. The van der Waals surface area contributed by atoms with Crippen molar-refractivity contribution in [2.75, 3.05) is 6.54 Å². The zero-order valence-electron chi connectivity index (χ0n) is 12.5. The van der Waals surface area contributed by atoms with Gasteiger partial charge in [-0.15, -0.1) is 0 Å². The van der Waals surface area contributed by atoms with Crippen LogP contribution in [-0.2, 0) is 16.6 Å². The minimum Gasteiger partial charge on any atom is -0.392 e. The SMILES string of the molecule is Cc1ccc(S(=O)(=O)N2CCCC3CCCC32)cc1CO. The van der Waals surface area contributed by atoms with E-state index in [4.69, 9.17) is 0 Å². The molecule has 0 bridgehead atoms. The third-order valence-corrected chi connectivity index (χ3v) is 6.96. The lowest BCUT2D eigenvalue weighted by Gasteiger charge is -2.36. The van der Waals surface area contributed by atoms with Crippen molar-refractivity contribution in [3.05, 3.63) is 29.3 Å². The summed E-state index contributed by atoms with van der Waals surface area (Å²) in [5.74, 6) is 0.538. The van der Waals surface area contributed by atoms with E-state index in [0.717, 1.165) is 37.7 Å². The van der Waals surface area contributed by atoms with Gasteiger partial charge in [0.1, 0.15) is 0 Å². The van der Waals surface area contributed by atoms with Crippen molar-refractivity contribution in [3.63, 3.8) is 0 Å². The normalized spacial score (nSPS) is 26.8. The maximum absolute atomic E-state index is 13.0. The van der Waals surface area contributed by atoms with Crippen molar-refractivity contribution in [1.82, 2.24) is 4.31 Å². The second-order valence-electron chi connectivity index (χ2n) is 6.26. The van der Waals surface area contributed by atoms with Crippen molar-refractivity contribution in [1.29, 1.82) is 0 Å². The predicted octanol–water partition coefficient (Wildman–Crippen LogP) is 2.44. The molecule has 0 aromatic heterocycles. The summed E-state index contributed by atoms with van der Waals surface area (Å²) in [6.45, 7) is 2.39. The monoisotopic (exact) mass is 309 g/mol. The summed E-state index contributed by atoms with van der Waals surface area (Å²) in [4.78, 5) is 0.324. The highest BCUT2D eigenvalue weighted by Crippen LogP contribution is 2.39. The number of aliphatic hydroxyl groups excluding tert-OH is 1. The van der Waals surface area contributed by atoms with Crippen LogP contribution in [0.3, 0.4) is 0 Å². The Hall–Kier alpha value is -0.910. The Morgan fingerprint density at radius 2 is 2.00 bits per heavy atom. The lowest BCUT2D eigenvalue weighted by molar-refractivity contribution is 0.202. The average Bonchev–Trinajstić information content (AvgIpc) is 2.95. The van der Waals surface area contributed by atoms with E-state index in [1.54, 1.807) is 22.5 Å². The fourth-order valence-electron chi connectivity index (χ4n) is 3.82. The first kappa shape index (κ1) is 15.0. The molecule has 2 atom stereocenters. The summed E-state index contributed by atoms with van der Waals surface area (Å²) >= 11 is 0. The molecule has 116 valence electrons. The first-order valence-corrected chi connectivity index (χ1v) is 9.20. The van der Waals surface area contributed by atoms with E-state index in [2.05, 4.69) is 0 Å². The maximum Gasteiger partial charge on any atom is 0.243 e. The van der Waals surface area contributed by atoms with Crippen LogP contribution in [-0.4, -0.2) is 30.4 Å². The number of aryl methyl sites for hydroxylation is 1. The maximum atomic E-state index is 13.0. The van der Waals surface area contributed by atoms with E-state index in [9.17, 15) is 13.5 Å². The minimum atomic E-state index is -3.44. The molecule has 1 aromatic carbocycles. The molecule has 2 aliphatic rings. The first-order valence-electron chi connectivity index (χ1n) is 7.76. The van der Waals surface area contributed by atoms with Crippen LogP contribution in [0.1, 0.15) is 43.2 Å². The molecule has 0 amide bonds. The van der Waals surface area contributed by atoms with Crippen LogP contribution in [0.2, 0.25) is 0 Å². The second kappa shape index (κ2) is 5.71. The van der Waals surface area contributed by atoms with Crippen LogP contribution < -0.4 is 0 Å². The zero-order chi connectivity index (χ0) is 15.0. The smallest absolute Gasteiger partial charge is 0.243 e. The zero-order valence-corrected chi connectivity index (χ0v) is 13.3. The standard InChI is InChI=1S/C16H23NO3S/c1-12-7-8-15(10-14(12)11-18)21(19,20)17-9-3-5-13-4-2-6-16(13)17/h7-8,10,13,16,18H,2-6,9,11H2,1H3. The summed E-state index contributed by atoms with van der Waals surface area (Å²) in [5, 5.41) is 9.36. The van der Waals surface area contributed by atoms with Gasteiger partial charge in [-0.2, -0.15) is 4.31 Å². The molecule has 1 aromatic rings. The Balaban J connectivity index is 1.96. The van der Waals surface area contributed by atoms with Crippen molar-refractivity contribution in [2.45, 2.75) is 56.6 Å². The van der Waals surface area contributed by atoms with Crippen LogP contribution >= 0.6 is 0 Å². The van der Waals surface area contributed by atoms with Gasteiger partial charge in [0.05, 0.1) is 11.5 Å². The van der Waals surface area contributed by atoms with E-state index in [1.807, 2.05) is 6.92 Å². The number of aliphatic hydroxyl groups is 1. The molecular formula is C16H23NO3S. The largest absolute Gasteiger partial charge is 0.392 e. The fraction of sp³-hybridized carbons (Fsp3) is 0.625. The Morgan fingerprint density at radius 3 is 2.76 bits per heavy atom. The predicted molar refractivity (Wildman–Crippen MR) is 81.4 cm³/mol. The Labute approximate surface area is 126 Å². The molecule has 1 aliphatic heterocycles. The van der Waals surface area contributed by atoms with Crippen LogP contribution in [0.25, 0.3) is 0 Å². The molecule has 21 heavy (non-hydrogen) atoms. The van der Waals surface area contributed by atoms with Crippen LogP contribution in [0.4, 0.5) is 0 Å². The van der Waals surface area contributed by atoms with E-state index in [-0.39, 0.29) is 12.6 Å². The third-order valence-electron chi connectivity index (χ3n) is 5.04. The van der Waals surface area contributed by atoms with Gasteiger partial charge in [-0.1, -0.05) is 12.5 Å². The fourth-order valence-corrected chi connectivity index (χ4v) is 5.63. The molecule has 0 radical (unpaired) electrons. The number of fused-ring (bicyclic) bond motifs is 1. The number of benzene rings is 1. The summed E-state index contributed by atoms with van der Waals surface area (Å²) in [7, 11) is -3.44. The van der Waals surface area contributed by atoms with Gasteiger partial charge in [-0.05, 0) is 61.8 Å². The molecule has 1 N–H and O–H groups in total. The quantitative estimate of drug-likeness (QED) is 0.933. The molecule has 1 saturated heterocycles. The van der Waals surface area contributed by atoms with Gasteiger partial charge in [0.2, 0.25) is 10.0 Å². The van der Waals surface area contributed by atoms with Gasteiger partial charge >= 0.3 is 0 Å². The molecule has 2 fully saturated rings. The van der Waals surface area contributed by atoms with Gasteiger partial charge in [-0.3, -0.25) is 0 Å². The highest BCUT2D eigenvalue weighted by atomic mass is 32.2. The molecule has 0 spiro atoms. The number of sulfonamides is 1. The lowest BCUT2D eigenvalue weighted by Crippen LogP contribution is -2.46. The second-order valence-corrected chi connectivity index (χ2v) is 8.15. The molecule has 1 heterocycles. The Kier molecular flexibility index (Phi) is 4.08. The van der Waals surface area contributed by atoms with Gasteiger partial charge in [0.15, 0.2) is 0 Å². The molecule has 4 nitrogen and oxygen atoms in total. The molecule has 5 heteroatoms. The van der Waals surface area contributed by atoms with Crippen LogP contribution in [0.15, 0.2) is 23.1 Å². The molecule has 2 unspecified atom stereocenters. The van der Waals surface area contributed by atoms with Gasteiger partial charge in [-0.25, -0.2) is 8.42 Å². The summed E-state index contributed by atoms with van der Waals surface area (Å²) in [6, 6.07) is 5.27. The Bertz CT molecular complexity index is 626. The van der Waals surface area contributed by atoms with Gasteiger partial charge in [0.25, 0.3) is 0 Å². The van der Waals surface area contributed by atoms with E-state index in [1.165, 1.54) is 0 Å². The van der Waals surface area contributed by atoms with Crippen molar-refractivity contribution < 1.29 is 13.5 Å². The minimum absolute atomic E-state index is 0.124. The van der Waals surface area contributed by atoms with E-state index < -0.39 is 10.0 Å². The summed E-state index contributed by atoms with van der Waals surface area (Å²) < 4.78 is 27.6.